The Kier molecular flexibility index (Phi) is 10.9. The number of aromatic nitrogens is 3. The van der Waals surface area contributed by atoms with E-state index < -0.39 is 11.7 Å². The van der Waals surface area contributed by atoms with Gasteiger partial charge in [0.2, 0.25) is 0 Å². The zero-order chi connectivity index (χ0) is 51.5. The molecule has 3 aromatic heterocycles. The summed E-state index contributed by atoms with van der Waals surface area (Å²) in [6.45, 7) is 1.67. The number of nitriles is 4. The van der Waals surface area contributed by atoms with E-state index in [1.54, 1.807) is 67.7 Å². The van der Waals surface area contributed by atoms with Crippen LogP contribution < -0.4 is 0 Å². The molecule has 0 aliphatic rings. The van der Waals surface area contributed by atoms with Gasteiger partial charge in [0.05, 0.1) is 86.0 Å². The maximum absolute atomic E-state index is 14.9. The van der Waals surface area contributed by atoms with Crippen molar-refractivity contribution >= 4 is 43.6 Å². The number of alkyl halides is 3. The van der Waals surface area contributed by atoms with Crippen molar-refractivity contribution in [1.29, 1.82) is 21.0 Å². The van der Waals surface area contributed by atoms with E-state index in [4.69, 9.17) is 4.98 Å². The molecule has 12 aromatic rings. The van der Waals surface area contributed by atoms with E-state index in [2.05, 4.69) is 53.1 Å². The van der Waals surface area contributed by atoms with E-state index in [1.807, 2.05) is 108 Å². The van der Waals surface area contributed by atoms with E-state index in [9.17, 15) is 34.2 Å². The van der Waals surface area contributed by atoms with Crippen molar-refractivity contribution in [3.8, 4) is 91.4 Å². The summed E-state index contributed by atoms with van der Waals surface area (Å²) < 4.78 is 48.7. The molecular formula is C65H36F3N7. The lowest BCUT2D eigenvalue weighted by Gasteiger charge is -2.18. The van der Waals surface area contributed by atoms with E-state index >= 15 is 0 Å². The number of aryl methyl sites for hydroxylation is 1. The third-order valence-corrected chi connectivity index (χ3v) is 14.0. The minimum atomic E-state index is -4.63. The first-order valence-electron chi connectivity index (χ1n) is 23.9. The number of hydrogen-bond donors (Lipinski definition) is 0. The summed E-state index contributed by atoms with van der Waals surface area (Å²) in [5, 5.41) is 41.7. The smallest absolute Gasteiger partial charge is 0.307 e. The number of hydrogen-bond acceptors (Lipinski definition) is 5. The number of pyridine rings is 1. The number of benzene rings is 9. The van der Waals surface area contributed by atoms with Gasteiger partial charge in [-0.05, 0) is 178 Å². The van der Waals surface area contributed by atoms with Gasteiger partial charge in [0.1, 0.15) is 5.82 Å². The molecule has 0 spiro atoms. The molecule has 0 aliphatic carbocycles. The molecular weight excluding hydrogens is 936 g/mol. The molecule has 3 heterocycles. The van der Waals surface area contributed by atoms with Crippen molar-refractivity contribution in [1.82, 2.24) is 14.1 Å². The highest BCUT2D eigenvalue weighted by Crippen LogP contribution is 2.43. The summed E-state index contributed by atoms with van der Waals surface area (Å²) in [4.78, 5) is 5.24. The van der Waals surface area contributed by atoms with E-state index in [0.29, 0.717) is 50.4 Å². The molecule has 0 saturated heterocycles. The molecule has 0 atom stereocenters. The molecule has 12 rings (SSSR count). The largest absolute Gasteiger partial charge is 0.416 e. The van der Waals surface area contributed by atoms with Crippen LogP contribution in [0.2, 0.25) is 0 Å². The fourth-order valence-electron chi connectivity index (χ4n) is 10.3. The SMILES string of the molecule is Cc1cc(-c2cc(-n3c4ccc(-c5ccc(C#N)cc5)cc4c4cc(-c5ccc(C#N)cc5)ccc43)ncc2-n2c3ccc(-c4ccc(C#N)cc4)cc3c3cc(-c4ccc(C#N)cc4)ccc32)cc(C(F)(F)F)c1. The van der Waals surface area contributed by atoms with Crippen molar-refractivity contribution in [2.45, 2.75) is 13.1 Å². The van der Waals surface area contributed by atoms with E-state index in [-0.39, 0.29) is 0 Å². The average Bonchev–Trinajstić information content (AvgIpc) is 3.97. The van der Waals surface area contributed by atoms with Gasteiger partial charge in [0.25, 0.3) is 0 Å². The third-order valence-electron chi connectivity index (χ3n) is 14.0. The van der Waals surface area contributed by atoms with Crippen molar-refractivity contribution < 1.29 is 13.2 Å². The van der Waals surface area contributed by atoms with Gasteiger partial charge in [0, 0.05) is 27.1 Å². The Morgan fingerprint density at radius 1 is 0.373 bits per heavy atom. The lowest BCUT2D eigenvalue weighted by atomic mass is 9.99. The van der Waals surface area contributed by atoms with Gasteiger partial charge < -0.3 is 4.57 Å². The summed E-state index contributed by atoms with van der Waals surface area (Å²) in [5.74, 6) is 0.480. The average molecular weight is 972 g/mol. The van der Waals surface area contributed by atoms with Crippen LogP contribution >= 0.6 is 0 Å². The molecule has 9 aromatic carbocycles. The molecule has 75 heavy (non-hydrogen) atoms. The second-order valence-corrected chi connectivity index (χ2v) is 18.5. The molecule has 0 unspecified atom stereocenters. The summed E-state index contributed by atoms with van der Waals surface area (Å²) >= 11 is 0. The van der Waals surface area contributed by atoms with Crippen LogP contribution in [0.4, 0.5) is 13.2 Å². The minimum absolute atomic E-state index is 0.353. The molecule has 352 valence electrons. The second-order valence-electron chi connectivity index (χ2n) is 18.5. The van der Waals surface area contributed by atoms with Crippen molar-refractivity contribution in [2.75, 3.05) is 0 Å². The summed E-state index contributed by atoms with van der Waals surface area (Å²) in [6, 6.07) is 68.9. The van der Waals surface area contributed by atoms with Crippen LogP contribution in [0.3, 0.4) is 0 Å². The Morgan fingerprint density at radius 2 is 0.707 bits per heavy atom. The van der Waals surface area contributed by atoms with Crippen molar-refractivity contribution in [3.05, 3.63) is 234 Å². The zero-order valence-corrected chi connectivity index (χ0v) is 39.8. The van der Waals surface area contributed by atoms with E-state index in [0.717, 1.165) is 94.2 Å². The third kappa shape index (κ3) is 8.07. The summed E-state index contributed by atoms with van der Waals surface area (Å²) in [7, 11) is 0. The predicted molar refractivity (Wildman–Crippen MR) is 289 cm³/mol. The summed E-state index contributed by atoms with van der Waals surface area (Å²) in [5.41, 5.74) is 13.8. The number of fused-ring (bicyclic) bond motifs is 6. The van der Waals surface area contributed by atoms with Crippen molar-refractivity contribution in [3.63, 3.8) is 0 Å². The quantitative estimate of drug-likeness (QED) is 0.158. The monoisotopic (exact) mass is 971 g/mol. The van der Waals surface area contributed by atoms with Crippen molar-refractivity contribution in [2.24, 2.45) is 0 Å². The van der Waals surface area contributed by atoms with Crippen LogP contribution in [0, 0.1) is 52.2 Å². The Balaban J connectivity index is 1.12. The topological polar surface area (TPSA) is 118 Å². The lowest BCUT2D eigenvalue weighted by molar-refractivity contribution is -0.137. The highest BCUT2D eigenvalue weighted by atomic mass is 19.4. The van der Waals surface area contributed by atoms with Gasteiger partial charge in [-0.25, -0.2) is 4.98 Å². The number of halogens is 3. The van der Waals surface area contributed by atoms with Gasteiger partial charge in [-0.2, -0.15) is 34.2 Å². The molecule has 7 nitrogen and oxygen atoms in total. The highest BCUT2D eigenvalue weighted by molar-refractivity contribution is 6.13. The normalized spacial score (nSPS) is 11.4. The summed E-state index contributed by atoms with van der Waals surface area (Å²) in [6.07, 6.45) is -2.88. The first-order chi connectivity index (χ1) is 36.5. The Morgan fingerprint density at radius 3 is 1.04 bits per heavy atom. The van der Waals surface area contributed by atoms with E-state index in [1.165, 1.54) is 6.07 Å². The highest BCUT2D eigenvalue weighted by Gasteiger charge is 2.32. The van der Waals surface area contributed by atoms with Crippen LogP contribution in [0.1, 0.15) is 33.4 Å². The lowest BCUT2D eigenvalue weighted by Crippen LogP contribution is -2.07. The van der Waals surface area contributed by atoms with Crippen LogP contribution in [0.25, 0.3) is 111 Å². The van der Waals surface area contributed by atoms with Crippen LogP contribution in [0.5, 0.6) is 0 Å². The zero-order valence-electron chi connectivity index (χ0n) is 39.8. The maximum atomic E-state index is 14.9. The van der Waals surface area contributed by atoms with Crippen LogP contribution in [-0.2, 0) is 6.18 Å². The van der Waals surface area contributed by atoms with Gasteiger partial charge in [-0.15, -0.1) is 0 Å². The Bertz CT molecular complexity index is 4250. The molecule has 0 saturated carbocycles. The van der Waals surface area contributed by atoms with Crippen LogP contribution in [-0.4, -0.2) is 14.1 Å². The van der Waals surface area contributed by atoms with Gasteiger partial charge >= 0.3 is 6.18 Å². The fraction of sp³-hybridized carbons (Fsp3) is 0.0308. The molecule has 0 fully saturated rings. The predicted octanol–water partition coefficient (Wildman–Crippen LogP) is 16.4. The molecule has 0 aliphatic heterocycles. The van der Waals surface area contributed by atoms with Gasteiger partial charge in [-0.1, -0.05) is 78.9 Å². The standard InChI is InChI=1S/C65H36F3N7/c1-39-26-52(28-53(27-39)65(66,67)68)54-33-64(75-61-24-20-50(46-14-6-42(36-71)7-15-46)31-57(61)58-32-51(21-25-62(58)75)47-16-8-43(37-72)9-17-47)73-38-63(54)74-59-22-18-48(44-10-2-40(34-69)3-11-44)29-55(59)56-30-49(19-23-60(56)74)45-12-4-41(35-70)5-13-45/h2-33,38H,1H3. The minimum Gasteiger partial charge on any atom is -0.307 e. The molecule has 10 heteroatoms. The first kappa shape index (κ1) is 45.6. The molecule has 0 N–H and O–H groups in total. The number of rotatable bonds is 7. The molecule has 0 amide bonds. The molecule has 0 radical (unpaired) electrons. The first-order valence-corrected chi connectivity index (χ1v) is 23.9. The number of nitrogens with zero attached hydrogens (tertiary/aromatic N) is 7. The second kappa shape index (κ2) is 18.0. The Labute approximate surface area is 428 Å². The molecule has 0 bridgehead atoms. The van der Waals surface area contributed by atoms with Gasteiger partial charge in [-0.3, -0.25) is 4.57 Å². The fourth-order valence-corrected chi connectivity index (χ4v) is 10.3. The van der Waals surface area contributed by atoms with Gasteiger partial charge in [0.15, 0.2) is 0 Å². The maximum Gasteiger partial charge on any atom is 0.416 e. The van der Waals surface area contributed by atoms with Crippen LogP contribution in [0.15, 0.2) is 200 Å². The Hall–Kier alpha value is -10.5.